The van der Waals surface area contributed by atoms with Crippen molar-refractivity contribution in [2.24, 2.45) is 5.92 Å². The van der Waals surface area contributed by atoms with E-state index in [2.05, 4.69) is 22.1 Å². The SMILES string of the molecule is CCC1CCc2c(sc3ncn4nc(CCn5ccc([N+](=O)[O-])n5)nc4c23)C1. The van der Waals surface area contributed by atoms with Crippen LogP contribution in [0.15, 0.2) is 18.6 Å². The van der Waals surface area contributed by atoms with E-state index in [0.717, 1.165) is 34.6 Å². The Labute approximate surface area is 164 Å². The fraction of sp³-hybridized carbons (Fsp3) is 0.444. The number of hydrogen-bond acceptors (Lipinski definition) is 7. The molecule has 1 atom stereocenters. The quantitative estimate of drug-likeness (QED) is 0.378. The van der Waals surface area contributed by atoms with Crippen LogP contribution in [0, 0.1) is 16.0 Å². The van der Waals surface area contributed by atoms with Crippen molar-refractivity contribution >= 4 is 33.0 Å². The van der Waals surface area contributed by atoms with Crippen LogP contribution in [-0.2, 0) is 25.8 Å². The Morgan fingerprint density at radius 2 is 2.29 bits per heavy atom. The van der Waals surface area contributed by atoms with Crippen LogP contribution in [0.25, 0.3) is 15.9 Å². The summed E-state index contributed by atoms with van der Waals surface area (Å²) in [5.74, 6) is 1.31. The van der Waals surface area contributed by atoms with Gasteiger partial charge in [0, 0.05) is 11.3 Å². The largest absolute Gasteiger partial charge is 0.389 e. The predicted molar refractivity (Wildman–Crippen MR) is 105 cm³/mol. The number of thiophene rings is 1. The summed E-state index contributed by atoms with van der Waals surface area (Å²) < 4.78 is 3.30. The average molecular weight is 397 g/mol. The average Bonchev–Trinajstić information content (AvgIpc) is 3.40. The molecule has 5 rings (SSSR count). The molecule has 0 aromatic carbocycles. The van der Waals surface area contributed by atoms with Crippen molar-refractivity contribution in [1.82, 2.24) is 29.4 Å². The van der Waals surface area contributed by atoms with Gasteiger partial charge in [-0.1, -0.05) is 13.3 Å². The molecule has 0 bridgehead atoms. The monoisotopic (exact) mass is 397 g/mol. The first-order chi connectivity index (χ1) is 13.6. The fourth-order valence-corrected chi connectivity index (χ4v) is 5.22. The summed E-state index contributed by atoms with van der Waals surface area (Å²) in [6.45, 7) is 2.75. The smallest absolute Gasteiger partial charge is 0.358 e. The Kier molecular flexibility index (Phi) is 4.08. The van der Waals surface area contributed by atoms with Gasteiger partial charge in [0.2, 0.25) is 0 Å². The number of hydrogen-bond donors (Lipinski definition) is 0. The van der Waals surface area contributed by atoms with Gasteiger partial charge in [-0.15, -0.1) is 16.4 Å². The van der Waals surface area contributed by atoms with Crippen LogP contribution in [0.4, 0.5) is 5.82 Å². The van der Waals surface area contributed by atoms with Crippen LogP contribution in [-0.4, -0.2) is 34.3 Å². The van der Waals surface area contributed by atoms with E-state index in [1.807, 2.05) is 0 Å². The Morgan fingerprint density at radius 1 is 1.39 bits per heavy atom. The Hall–Kier alpha value is -2.88. The van der Waals surface area contributed by atoms with Crippen molar-refractivity contribution in [3.8, 4) is 0 Å². The van der Waals surface area contributed by atoms with Gasteiger partial charge >= 0.3 is 5.82 Å². The maximum atomic E-state index is 10.8. The first-order valence-electron chi connectivity index (χ1n) is 9.44. The molecule has 9 nitrogen and oxygen atoms in total. The number of aryl methyl sites for hydroxylation is 3. The Balaban J connectivity index is 1.46. The second-order valence-corrected chi connectivity index (χ2v) is 8.27. The third-order valence-electron chi connectivity index (χ3n) is 5.49. The minimum absolute atomic E-state index is 0.149. The van der Waals surface area contributed by atoms with Gasteiger partial charge in [0.05, 0.1) is 29.3 Å². The highest BCUT2D eigenvalue weighted by molar-refractivity contribution is 7.19. The molecule has 1 unspecified atom stereocenters. The van der Waals surface area contributed by atoms with Gasteiger partial charge in [0.15, 0.2) is 11.5 Å². The number of fused-ring (bicyclic) bond motifs is 5. The van der Waals surface area contributed by atoms with E-state index in [-0.39, 0.29) is 5.82 Å². The van der Waals surface area contributed by atoms with Crippen LogP contribution < -0.4 is 0 Å². The van der Waals surface area contributed by atoms with E-state index in [0.29, 0.717) is 18.8 Å². The van der Waals surface area contributed by atoms with Crippen LogP contribution in [0.2, 0.25) is 0 Å². The van der Waals surface area contributed by atoms with Crippen molar-refractivity contribution in [3.63, 3.8) is 0 Å². The first-order valence-corrected chi connectivity index (χ1v) is 10.3. The van der Waals surface area contributed by atoms with E-state index in [1.54, 1.807) is 33.1 Å². The number of rotatable bonds is 5. The molecule has 28 heavy (non-hydrogen) atoms. The lowest BCUT2D eigenvalue weighted by atomic mass is 9.86. The standard InChI is InChI=1S/C18H19N7O2S/c1-2-11-3-4-12-13(9-11)28-18-16(12)17-20-14(21-24(17)10-19-18)5-7-23-8-6-15(22-23)25(26)27/h6,8,10-11H,2-5,7,9H2,1H3. The van der Waals surface area contributed by atoms with Crippen molar-refractivity contribution in [3.05, 3.63) is 45.0 Å². The number of aromatic nitrogens is 6. The van der Waals surface area contributed by atoms with E-state index < -0.39 is 4.92 Å². The maximum Gasteiger partial charge on any atom is 0.389 e. The lowest BCUT2D eigenvalue weighted by Crippen LogP contribution is -2.11. The first kappa shape index (κ1) is 17.2. The van der Waals surface area contributed by atoms with Crippen LogP contribution in [0.1, 0.15) is 36.0 Å². The molecule has 0 aliphatic heterocycles. The zero-order valence-electron chi connectivity index (χ0n) is 15.4. The molecule has 10 heteroatoms. The van der Waals surface area contributed by atoms with Crippen molar-refractivity contribution in [2.45, 2.75) is 45.6 Å². The molecule has 1 aliphatic carbocycles. The minimum Gasteiger partial charge on any atom is -0.358 e. The highest BCUT2D eigenvalue weighted by Crippen LogP contribution is 2.39. The fourth-order valence-electron chi connectivity index (χ4n) is 3.93. The molecule has 4 aromatic rings. The minimum atomic E-state index is -0.495. The van der Waals surface area contributed by atoms with E-state index in [4.69, 9.17) is 4.98 Å². The summed E-state index contributed by atoms with van der Waals surface area (Å²) in [4.78, 5) is 22.1. The normalized spacial score (nSPS) is 16.7. The summed E-state index contributed by atoms with van der Waals surface area (Å²) in [5.41, 5.74) is 2.25. The summed E-state index contributed by atoms with van der Waals surface area (Å²) in [7, 11) is 0. The molecular formula is C18H19N7O2S. The molecule has 0 saturated heterocycles. The maximum absolute atomic E-state index is 10.8. The van der Waals surface area contributed by atoms with Gasteiger partial charge in [0.1, 0.15) is 11.2 Å². The molecule has 4 aromatic heterocycles. The van der Waals surface area contributed by atoms with Gasteiger partial charge in [0.25, 0.3) is 0 Å². The van der Waals surface area contributed by atoms with Crippen LogP contribution in [0.3, 0.4) is 0 Å². The van der Waals surface area contributed by atoms with Crippen LogP contribution >= 0.6 is 11.3 Å². The van der Waals surface area contributed by atoms with E-state index in [9.17, 15) is 10.1 Å². The van der Waals surface area contributed by atoms with Gasteiger partial charge in [-0.2, -0.15) is 4.68 Å². The second-order valence-electron chi connectivity index (χ2n) is 7.19. The number of nitrogens with zero attached hydrogens (tertiary/aromatic N) is 7. The second kappa shape index (κ2) is 6.62. The summed E-state index contributed by atoms with van der Waals surface area (Å²) in [5, 5.41) is 20.4. The lowest BCUT2D eigenvalue weighted by Gasteiger charge is -2.20. The third-order valence-corrected chi connectivity index (χ3v) is 6.65. The molecule has 0 N–H and O–H groups in total. The highest BCUT2D eigenvalue weighted by Gasteiger charge is 2.24. The van der Waals surface area contributed by atoms with Gasteiger partial charge in [-0.25, -0.2) is 14.5 Å². The molecule has 0 saturated carbocycles. The molecule has 0 fully saturated rings. The van der Waals surface area contributed by atoms with Crippen molar-refractivity contribution < 1.29 is 4.92 Å². The molecule has 0 spiro atoms. The van der Waals surface area contributed by atoms with Crippen LogP contribution in [0.5, 0.6) is 0 Å². The number of nitro groups is 1. The summed E-state index contributed by atoms with van der Waals surface area (Å²) >= 11 is 1.79. The molecule has 144 valence electrons. The van der Waals surface area contributed by atoms with Gasteiger partial charge in [-0.3, -0.25) is 0 Å². The zero-order valence-corrected chi connectivity index (χ0v) is 16.2. The van der Waals surface area contributed by atoms with E-state index in [1.165, 1.54) is 29.3 Å². The Morgan fingerprint density at radius 3 is 3.07 bits per heavy atom. The molecular weight excluding hydrogens is 378 g/mol. The van der Waals surface area contributed by atoms with Crippen molar-refractivity contribution in [2.75, 3.05) is 0 Å². The van der Waals surface area contributed by atoms with Crippen molar-refractivity contribution in [1.29, 1.82) is 0 Å². The van der Waals surface area contributed by atoms with Gasteiger partial charge < -0.3 is 10.1 Å². The third kappa shape index (κ3) is 2.84. The molecule has 0 radical (unpaired) electrons. The predicted octanol–water partition coefficient (Wildman–Crippen LogP) is 3.20. The Bertz CT molecular complexity index is 1190. The molecule has 1 aliphatic rings. The van der Waals surface area contributed by atoms with E-state index >= 15 is 0 Å². The molecule has 4 heterocycles. The molecule has 0 amide bonds. The topological polar surface area (TPSA) is 104 Å². The summed E-state index contributed by atoms with van der Waals surface area (Å²) in [6, 6.07) is 1.39. The lowest BCUT2D eigenvalue weighted by molar-refractivity contribution is -0.389. The highest BCUT2D eigenvalue weighted by atomic mass is 32.1. The zero-order chi connectivity index (χ0) is 19.3. The van der Waals surface area contributed by atoms with Gasteiger partial charge in [-0.05, 0) is 35.7 Å². The summed E-state index contributed by atoms with van der Waals surface area (Å²) in [6.07, 6.45) is 8.53.